The van der Waals surface area contributed by atoms with E-state index in [4.69, 9.17) is 4.74 Å². The van der Waals surface area contributed by atoms with Gasteiger partial charge in [0, 0.05) is 11.9 Å². The van der Waals surface area contributed by atoms with Gasteiger partial charge < -0.3 is 14.7 Å². The van der Waals surface area contributed by atoms with Crippen molar-refractivity contribution in [2.75, 3.05) is 18.1 Å². The van der Waals surface area contributed by atoms with E-state index in [1.165, 1.54) is 0 Å². The Hall–Kier alpha value is -0.650. The second kappa shape index (κ2) is 4.69. The molecule has 3 unspecified atom stereocenters. The third kappa shape index (κ3) is 2.36. The Balaban J connectivity index is 2.15. The Morgan fingerprint density at radius 1 is 1.62 bits per heavy atom. The van der Waals surface area contributed by atoms with Gasteiger partial charge in [-0.3, -0.25) is 0 Å². The minimum atomic E-state index is -0.487. The Morgan fingerprint density at radius 3 is 3.00 bits per heavy atom. The molecule has 2 rings (SSSR count). The summed E-state index contributed by atoms with van der Waals surface area (Å²) in [6, 6.07) is 0.351. The maximum Gasteiger partial charge on any atom is 0.186 e. The van der Waals surface area contributed by atoms with E-state index in [1.807, 2.05) is 5.38 Å². The zero-order valence-corrected chi connectivity index (χ0v) is 10.7. The molecule has 90 valence electrons. The van der Waals surface area contributed by atoms with Crippen molar-refractivity contribution < 1.29 is 9.84 Å². The molecule has 0 radical (unpaired) electrons. The summed E-state index contributed by atoms with van der Waals surface area (Å²) in [5, 5.41) is 12.4. The molecule has 0 amide bonds. The summed E-state index contributed by atoms with van der Waals surface area (Å²) >= 11 is 1.59. The van der Waals surface area contributed by atoms with Gasteiger partial charge in [0.15, 0.2) is 5.13 Å². The number of ether oxygens (including phenoxy) is 1. The van der Waals surface area contributed by atoms with Crippen molar-refractivity contribution in [2.45, 2.75) is 39.0 Å². The molecule has 0 bridgehead atoms. The van der Waals surface area contributed by atoms with E-state index in [0.717, 1.165) is 24.0 Å². The van der Waals surface area contributed by atoms with Crippen molar-refractivity contribution in [1.29, 1.82) is 0 Å². The fourth-order valence-corrected chi connectivity index (χ4v) is 2.79. The smallest absolute Gasteiger partial charge is 0.186 e. The van der Waals surface area contributed by atoms with Crippen LogP contribution in [0.2, 0.25) is 0 Å². The maximum absolute atomic E-state index is 9.45. The molecule has 1 aromatic rings. The second-order valence-corrected chi connectivity index (χ2v) is 5.21. The van der Waals surface area contributed by atoms with Gasteiger partial charge in [-0.15, -0.1) is 11.3 Å². The van der Waals surface area contributed by atoms with E-state index >= 15 is 0 Å². The predicted molar refractivity (Wildman–Crippen MR) is 65.0 cm³/mol. The fourth-order valence-electron chi connectivity index (χ4n) is 1.77. The highest BCUT2D eigenvalue weighted by atomic mass is 32.1. The van der Waals surface area contributed by atoms with Crippen LogP contribution in [-0.2, 0) is 4.74 Å². The van der Waals surface area contributed by atoms with E-state index in [0.29, 0.717) is 6.04 Å². The number of hydrogen-bond acceptors (Lipinski definition) is 5. The van der Waals surface area contributed by atoms with Gasteiger partial charge >= 0.3 is 0 Å². The van der Waals surface area contributed by atoms with E-state index < -0.39 is 6.10 Å². The van der Waals surface area contributed by atoms with E-state index in [1.54, 1.807) is 18.3 Å². The highest BCUT2D eigenvalue weighted by molar-refractivity contribution is 7.13. The Morgan fingerprint density at radius 2 is 2.38 bits per heavy atom. The molecule has 1 N–H and O–H groups in total. The van der Waals surface area contributed by atoms with Crippen molar-refractivity contribution in [3.8, 4) is 0 Å². The minimum absolute atomic E-state index is 0.245. The lowest BCUT2D eigenvalue weighted by atomic mass is 10.2. The minimum Gasteiger partial charge on any atom is -0.387 e. The third-order valence-corrected chi connectivity index (χ3v) is 3.69. The van der Waals surface area contributed by atoms with Gasteiger partial charge in [0.1, 0.15) is 0 Å². The summed E-state index contributed by atoms with van der Waals surface area (Å²) in [6.45, 7) is 7.56. The lowest BCUT2D eigenvalue weighted by molar-refractivity contribution is 0.0343. The van der Waals surface area contributed by atoms with Gasteiger partial charge in [-0.05, 0) is 20.8 Å². The summed E-state index contributed by atoms with van der Waals surface area (Å²) in [4.78, 5) is 6.71. The number of thiazole rings is 1. The molecule has 3 atom stereocenters. The molecule has 1 fully saturated rings. The highest BCUT2D eigenvalue weighted by Gasteiger charge is 2.25. The molecule has 4 nitrogen and oxygen atoms in total. The van der Waals surface area contributed by atoms with Crippen LogP contribution in [0.25, 0.3) is 0 Å². The molecule has 0 spiro atoms. The highest BCUT2D eigenvalue weighted by Crippen LogP contribution is 2.27. The van der Waals surface area contributed by atoms with Crippen molar-refractivity contribution in [3.05, 3.63) is 11.1 Å². The summed E-state index contributed by atoms with van der Waals surface area (Å²) < 4.78 is 5.58. The Bertz CT molecular complexity index is 354. The predicted octanol–water partition coefficient (Wildman–Crippen LogP) is 1.81. The van der Waals surface area contributed by atoms with Crippen LogP contribution in [0.3, 0.4) is 0 Å². The molecule has 1 saturated heterocycles. The third-order valence-electron chi connectivity index (χ3n) is 2.79. The van der Waals surface area contributed by atoms with Crippen LogP contribution in [0.5, 0.6) is 0 Å². The quantitative estimate of drug-likeness (QED) is 0.859. The van der Waals surface area contributed by atoms with Gasteiger partial charge in [-0.2, -0.15) is 0 Å². The Labute approximate surface area is 99.9 Å². The Kier molecular flexibility index (Phi) is 3.47. The first-order valence-electron chi connectivity index (χ1n) is 5.59. The number of aliphatic hydroxyl groups is 1. The average Bonchev–Trinajstić information content (AvgIpc) is 2.70. The van der Waals surface area contributed by atoms with Crippen molar-refractivity contribution >= 4 is 16.5 Å². The van der Waals surface area contributed by atoms with Crippen molar-refractivity contribution in [1.82, 2.24) is 4.98 Å². The van der Waals surface area contributed by atoms with Crippen LogP contribution in [0.1, 0.15) is 32.6 Å². The first kappa shape index (κ1) is 11.8. The molecule has 16 heavy (non-hydrogen) atoms. The number of rotatable bonds is 2. The van der Waals surface area contributed by atoms with E-state index in [-0.39, 0.29) is 6.10 Å². The molecule has 0 saturated carbocycles. The van der Waals surface area contributed by atoms with Crippen LogP contribution < -0.4 is 4.90 Å². The number of anilines is 1. The molecular weight excluding hydrogens is 224 g/mol. The van der Waals surface area contributed by atoms with Crippen LogP contribution >= 0.6 is 11.3 Å². The topological polar surface area (TPSA) is 45.6 Å². The van der Waals surface area contributed by atoms with Gasteiger partial charge in [-0.25, -0.2) is 4.98 Å². The molecule has 1 aliphatic rings. The van der Waals surface area contributed by atoms with Crippen molar-refractivity contribution in [3.63, 3.8) is 0 Å². The number of nitrogens with zero attached hydrogens (tertiary/aromatic N) is 2. The lowest BCUT2D eigenvalue weighted by Crippen LogP contribution is -2.47. The van der Waals surface area contributed by atoms with E-state index in [2.05, 4.69) is 23.7 Å². The molecule has 5 heteroatoms. The number of morpholine rings is 1. The van der Waals surface area contributed by atoms with Crippen LogP contribution in [0, 0.1) is 0 Å². The lowest BCUT2D eigenvalue weighted by Gasteiger charge is -2.36. The van der Waals surface area contributed by atoms with Gasteiger partial charge in [-0.1, -0.05) is 0 Å². The van der Waals surface area contributed by atoms with Crippen LogP contribution in [0.4, 0.5) is 5.13 Å². The molecule has 0 aromatic carbocycles. The molecule has 1 aromatic heterocycles. The summed E-state index contributed by atoms with van der Waals surface area (Å²) in [5.41, 5.74) is 0.756. The van der Waals surface area contributed by atoms with Gasteiger partial charge in [0.05, 0.1) is 30.6 Å². The van der Waals surface area contributed by atoms with Gasteiger partial charge in [0.2, 0.25) is 0 Å². The average molecular weight is 242 g/mol. The van der Waals surface area contributed by atoms with Crippen LogP contribution in [0.15, 0.2) is 5.38 Å². The van der Waals surface area contributed by atoms with Crippen molar-refractivity contribution in [2.24, 2.45) is 0 Å². The normalized spacial score (nSPS) is 28.1. The molecule has 1 aliphatic heterocycles. The van der Waals surface area contributed by atoms with Crippen LogP contribution in [-0.4, -0.2) is 35.4 Å². The zero-order chi connectivity index (χ0) is 11.7. The first-order chi connectivity index (χ1) is 7.58. The number of aliphatic hydroxyl groups excluding tert-OH is 1. The fraction of sp³-hybridized carbons (Fsp3) is 0.727. The standard InChI is InChI=1S/C11H18N2O2S/c1-7-5-15-8(2)4-13(7)11-12-10(6-16-11)9(3)14/h6-9,14H,4-5H2,1-3H3. The maximum atomic E-state index is 9.45. The number of aromatic nitrogens is 1. The summed E-state index contributed by atoms with van der Waals surface area (Å²) in [7, 11) is 0. The number of hydrogen-bond donors (Lipinski definition) is 1. The molecular formula is C11H18N2O2S. The van der Waals surface area contributed by atoms with E-state index in [9.17, 15) is 5.11 Å². The SMILES string of the molecule is CC1CN(c2nc(C(C)O)cs2)C(C)CO1. The summed E-state index contributed by atoms with van der Waals surface area (Å²) in [6.07, 6.45) is -0.242. The monoisotopic (exact) mass is 242 g/mol. The summed E-state index contributed by atoms with van der Waals surface area (Å²) in [5.74, 6) is 0. The van der Waals surface area contributed by atoms with Gasteiger partial charge in [0.25, 0.3) is 0 Å². The zero-order valence-electron chi connectivity index (χ0n) is 9.88. The molecule has 0 aliphatic carbocycles. The molecule has 2 heterocycles. The second-order valence-electron chi connectivity index (χ2n) is 4.38. The first-order valence-corrected chi connectivity index (χ1v) is 6.47. The largest absolute Gasteiger partial charge is 0.387 e.